The second-order valence-corrected chi connectivity index (χ2v) is 5.45. The Kier molecular flexibility index (Phi) is 4.07. The van der Waals surface area contributed by atoms with Crippen LogP contribution in [0.1, 0.15) is 36.0 Å². The molecule has 0 N–H and O–H groups in total. The summed E-state index contributed by atoms with van der Waals surface area (Å²) in [6.07, 6.45) is 5.18. The standard InChI is InChI=1S/C17H21N3/c1-2-6-17-18-11-15-9-10-20(13-16(15)19-17)12-14-7-4-3-5-8-14/h3-5,7-8,11H,2,6,9-10,12-13H2,1H3. The van der Waals surface area contributed by atoms with E-state index in [1.165, 1.54) is 16.8 Å². The molecule has 2 heterocycles. The van der Waals surface area contributed by atoms with Crippen molar-refractivity contribution in [3.05, 3.63) is 59.2 Å². The molecule has 104 valence electrons. The number of hydrogen-bond acceptors (Lipinski definition) is 3. The molecule has 1 aliphatic heterocycles. The van der Waals surface area contributed by atoms with Gasteiger partial charge < -0.3 is 0 Å². The van der Waals surface area contributed by atoms with E-state index in [0.29, 0.717) is 0 Å². The lowest BCUT2D eigenvalue weighted by atomic mass is 10.1. The molecule has 3 nitrogen and oxygen atoms in total. The number of rotatable bonds is 4. The molecule has 20 heavy (non-hydrogen) atoms. The first-order chi connectivity index (χ1) is 9.85. The van der Waals surface area contributed by atoms with Crippen LogP contribution in [0.15, 0.2) is 36.5 Å². The molecule has 0 spiro atoms. The Bertz CT molecular complexity index is 566. The van der Waals surface area contributed by atoms with Crippen LogP contribution < -0.4 is 0 Å². The number of aryl methyl sites for hydroxylation is 1. The molecule has 1 aromatic carbocycles. The SMILES string of the molecule is CCCc1ncc2c(n1)CN(Cc1ccccc1)CC2. The van der Waals surface area contributed by atoms with Gasteiger partial charge in [0.25, 0.3) is 0 Å². The number of fused-ring (bicyclic) bond motifs is 1. The normalized spacial score (nSPS) is 15.1. The van der Waals surface area contributed by atoms with Gasteiger partial charge in [-0.15, -0.1) is 0 Å². The molecule has 0 aliphatic carbocycles. The monoisotopic (exact) mass is 267 g/mol. The number of aromatic nitrogens is 2. The van der Waals surface area contributed by atoms with Crippen LogP contribution in [-0.4, -0.2) is 21.4 Å². The highest BCUT2D eigenvalue weighted by Gasteiger charge is 2.18. The van der Waals surface area contributed by atoms with Crippen LogP contribution >= 0.6 is 0 Å². The van der Waals surface area contributed by atoms with Crippen LogP contribution in [0.5, 0.6) is 0 Å². The molecular weight excluding hydrogens is 246 g/mol. The predicted octanol–water partition coefficient (Wildman–Crippen LogP) is 2.99. The lowest BCUT2D eigenvalue weighted by molar-refractivity contribution is 0.240. The maximum atomic E-state index is 4.74. The van der Waals surface area contributed by atoms with Crippen molar-refractivity contribution in [3.63, 3.8) is 0 Å². The van der Waals surface area contributed by atoms with Crippen molar-refractivity contribution in [2.24, 2.45) is 0 Å². The van der Waals surface area contributed by atoms with Crippen LogP contribution in [0, 0.1) is 0 Å². The van der Waals surface area contributed by atoms with Gasteiger partial charge in [-0.2, -0.15) is 0 Å². The third kappa shape index (κ3) is 3.05. The van der Waals surface area contributed by atoms with Crippen molar-refractivity contribution in [2.75, 3.05) is 6.54 Å². The Labute approximate surface area is 120 Å². The number of hydrogen-bond donors (Lipinski definition) is 0. The number of nitrogens with zero attached hydrogens (tertiary/aromatic N) is 3. The summed E-state index contributed by atoms with van der Waals surface area (Å²) in [6.45, 7) is 5.22. The smallest absolute Gasteiger partial charge is 0.128 e. The van der Waals surface area contributed by atoms with Gasteiger partial charge in [0.05, 0.1) is 5.69 Å². The Balaban J connectivity index is 1.72. The average molecular weight is 267 g/mol. The molecule has 1 aliphatic rings. The van der Waals surface area contributed by atoms with Crippen molar-refractivity contribution in [1.82, 2.24) is 14.9 Å². The zero-order chi connectivity index (χ0) is 13.8. The van der Waals surface area contributed by atoms with Crippen LogP contribution in [0.4, 0.5) is 0 Å². The molecular formula is C17H21N3. The van der Waals surface area contributed by atoms with Crippen LogP contribution in [0.2, 0.25) is 0 Å². The van der Waals surface area contributed by atoms with E-state index < -0.39 is 0 Å². The highest BCUT2D eigenvalue weighted by atomic mass is 15.1. The molecule has 1 aromatic heterocycles. The summed E-state index contributed by atoms with van der Waals surface area (Å²) in [5.41, 5.74) is 3.93. The first kappa shape index (κ1) is 13.3. The summed E-state index contributed by atoms with van der Waals surface area (Å²) in [5, 5.41) is 0. The van der Waals surface area contributed by atoms with E-state index in [1.54, 1.807) is 0 Å². The fourth-order valence-corrected chi connectivity index (χ4v) is 2.72. The second kappa shape index (κ2) is 6.14. The third-order valence-electron chi connectivity index (χ3n) is 3.80. The van der Waals surface area contributed by atoms with Gasteiger partial charge in [-0.25, -0.2) is 9.97 Å². The largest absolute Gasteiger partial charge is 0.293 e. The highest BCUT2D eigenvalue weighted by molar-refractivity contribution is 5.22. The van der Waals surface area contributed by atoms with Gasteiger partial charge in [0.1, 0.15) is 5.82 Å². The van der Waals surface area contributed by atoms with E-state index in [-0.39, 0.29) is 0 Å². The molecule has 0 unspecified atom stereocenters. The van der Waals surface area contributed by atoms with E-state index in [4.69, 9.17) is 4.98 Å². The summed E-state index contributed by atoms with van der Waals surface area (Å²) in [7, 11) is 0. The highest BCUT2D eigenvalue weighted by Crippen LogP contribution is 2.18. The summed E-state index contributed by atoms with van der Waals surface area (Å²) < 4.78 is 0. The zero-order valence-corrected chi connectivity index (χ0v) is 12.0. The first-order valence-corrected chi connectivity index (χ1v) is 7.45. The van der Waals surface area contributed by atoms with E-state index >= 15 is 0 Å². The van der Waals surface area contributed by atoms with Crippen molar-refractivity contribution in [1.29, 1.82) is 0 Å². The minimum absolute atomic E-state index is 0.948. The molecule has 0 saturated carbocycles. The van der Waals surface area contributed by atoms with Crippen molar-refractivity contribution in [3.8, 4) is 0 Å². The van der Waals surface area contributed by atoms with Crippen LogP contribution in [0.3, 0.4) is 0 Å². The van der Waals surface area contributed by atoms with Gasteiger partial charge in [0.2, 0.25) is 0 Å². The quantitative estimate of drug-likeness (QED) is 0.852. The molecule has 0 amide bonds. The fourth-order valence-electron chi connectivity index (χ4n) is 2.72. The zero-order valence-electron chi connectivity index (χ0n) is 12.0. The Morgan fingerprint density at radius 1 is 1.20 bits per heavy atom. The van der Waals surface area contributed by atoms with Gasteiger partial charge in [-0.1, -0.05) is 37.3 Å². The van der Waals surface area contributed by atoms with Crippen molar-refractivity contribution >= 4 is 0 Å². The Hall–Kier alpha value is -1.74. The van der Waals surface area contributed by atoms with Gasteiger partial charge in [-0.05, 0) is 24.0 Å². The molecule has 2 aromatic rings. The Morgan fingerprint density at radius 2 is 2.05 bits per heavy atom. The Morgan fingerprint density at radius 3 is 2.85 bits per heavy atom. The minimum atomic E-state index is 0.948. The molecule has 3 heteroatoms. The summed E-state index contributed by atoms with van der Waals surface area (Å²) in [5.74, 6) is 0.993. The minimum Gasteiger partial charge on any atom is -0.293 e. The second-order valence-electron chi connectivity index (χ2n) is 5.45. The van der Waals surface area contributed by atoms with E-state index in [2.05, 4.69) is 47.1 Å². The third-order valence-corrected chi connectivity index (χ3v) is 3.80. The van der Waals surface area contributed by atoms with Crippen molar-refractivity contribution < 1.29 is 0 Å². The molecule has 3 rings (SSSR count). The number of benzene rings is 1. The maximum absolute atomic E-state index is 4.74. The average Bonchev–Trinajstić information content (AvgIpc) is 2.48. The summed E-state index contributed by atoms with van der Waals surface area (Å²) in [4.78, 5) is 11.7. The molecule has 0 atom stereocenters. The lowest BCUT2D eigenvalue weighted by Crippen LogP contribution is -2.31. The van der Waals surface area contributed by atoms with E-state index in [9.17, 15) is 0 Å². The van der Waals surface area contributed by atoms with E-state index in [1.807, 2.05) is 6.20 Å². The molecule has 0 radical (unpaired) electrons. The van der Waals surface area contributed by atoms with Crippen LogP contribution in [-0.2, 0) is 25.9 Å². The topological polar surface area (TPSA) is 29.0 Å². The fraction of sp³-hybridized carbons (Fsp3) is 0.412. The van der Waals surface area contributed by atoms with Gasteiger partial charge >= 0.3 is 0 Å². The molecule has 0 bridgehead atoms. The lowest BCUT2D eigenvalue weighted by Gasteiger charge is -2.28. The van der Waals surface area contributed by atoms with Gasteiger partial charge in [-0.3, -0.25) is 4.90 Å². The van der Waals surface area contributed by atoms with E-state index in [0.717, 1.165) is 44.7 Å². The van der Waals surface area contributed by atoms with Gasteiger partial charge in [0, 0.05) is 32.3 Å². The molecule has 0 fully saturated rings. The summed E-state index contributed by atoms with van der Waals surface area (Å²) in [6, 6.07) is 10.7. The van der Waals surface area contributed by atoms with Crippen LogP contribution in [0.25, 0.3) is 0 Å². The molecule has 0 saturated heterocycles. The first-order valence-electron chi connectivity index (χ1n) is 7.45. The summed E-state index contributed by atoms with van der Waals surface area (Å²) >= 11 is 0. The van der Waals surface area contributed by atoms with Crippen molar-refractivity contribution in [2.45, 2.75) is 39.3 Å². The maximum Gasteiger partial charge on any atom is 0.128 e. The predicted molar refractivity (Wildman–Crippen MR) is 80.3 cm³/mol. The van der Waals surface area contributed by atoms with Gasteiger partial charge in [0.15, 0.2) is 0 Å².